The van der Waals surface area contributed by atoms with Gasteiger partial charge in [-0.3, -0.25) is 14.8 Å². The molecule has 2 rings (SSSR count). The second kappa shape index (κ2) is 4.53. The predicted molar refractivity (Wildman–Crippen MR) is 60.9 cm³/mol. The molecule has 4 nitrogen and oxygen atoms in total. The van der Waals surface area contributed by atoms with Gasteiger partial charge in [0, 0.05) is 25.0 Å². The van der Waals surface area contributed by atoms with Crippen molar-refractivity contribution in [2.75, 3.05) is 5.73 Å². The Kier molecular flexibility index (Phi) is 2.91. The highest BCUT2D eigenvalue weighted by molar-refractivity contribution is 5.99. The average molecular weight is 213 g/mol. The molecule has 2 heterocycles. The van der Waals surface area contributed by atoms with Crippen molar-refractivity contribution in [3.05, 3.63) is 54.1 Å². The molecule has 0 fully saturated rings. The number of carbonyl (C=O) groups excluding carboxylic acids is 1. The molecule has 0 amide bonds. The number of anilines is 1. The van der Waals surface area contributed by atoms with E-state index in [0.29, 0.717) is 11.4 Å². The van der Waals surface area contributed by atoms with Crippen molar-refractivity contribution in [3.8, 4) is 0 Å². The lowest BCUT2D eigenvalue weighted by Crippen LogP contribution is -2.09. The van der Waals surface area contributed by atoms with Crippen molar-refractivity contribution in [3.63, 3.8) is 0 Å². The Morgan fingerprint density at radius 3 is 2.75 bits per heavy atom. The zero-order chi connectivity index (χ0) is 11.4. The quantitative estimate of drug-likeness (QED) is 0.784. The van der Waals surface area contributed by atoms with Gasteiger partial charge >= 0.3 is 0 Å². The van der Waals surface area contributed by atoms with E-state index in [4.69, 9.17) is 5.73 Å². The van der Waals surface area contributed by atoms with Crippen LogP contribution >= 0.6 is 0 Å². The Bertz CT molecular complexity index is 497. The third-order valence-electron chi connectivity index (χ3n) is 2.19. The Balaban J connectivity index is 2.19. The molecule has 0 aromatic carbocycles. The van der Waals surface area contributed by atoms with Crippen molar-refractivity contribution in [1.82, 2.24) is 9.97 Å². The third kappa shape index (κ3) is 2.23. The lowest BCUT2D eigenvalue weighted by molar-refractivity contribution is 0.0989. The topological polar surface area (TPSA) is 68.9 Å². The van der Waals surface area contributed by atoms with Crippen molar-refractivity contribution in [1.29, 1.82) is 0 Å². The van der Waals surface area contributed by atoms with Gasteiger partial charge in [0.15, 0.2) is 5.78 Å². The van der Waals surface area contributed by atoms with E-state index in [0.717, 1.165) is 5.56 Å². The molecule has 16 heavy (non-hydrogen) atoms. The van der Waals surface area contributed by atoms with E-state index >= 15 is 0 Å². The van der Waals surface area contributed by atoms with Gasteiger partial charge in [-0.15, -0.1) is 0 Å². The third-order valence-corrected chi connectivity index (χ3v) is 2.19. The van der Waals surface area contributed by atoms with Crippen LogP contribution in [0.3, 0.4) is 0 Å². The van der Waals surface area contributed by atoms with Crippen molar-refractivity contribution in [2.45, 2.75) is 6.42 Å². The van der Waals surface area contributed by atoms with Crippen LogP contribution in [-0.4, -0.2) is 15.8 Å². The number of pyridine rings is 2. The monoisotopic (exact) mass is 213 g/mol. The van der Waals surface area contributed by atoms with Gasteiger partial charge in [0.05, 0.1) is 5.69 Å². The first-order chi connectivity index (χ1) is 7.77. The molecule has 2 aromatic heterocycles. The van der Waals surface area contributed by atoms with Gasteiger partial charge in [0.2, 0.25) is 0 Å². The lowest BCUT2D eigenvalue weighted by atomic mass is 10.1. The normalized spacial score (nSPS) is 10.0. The van der Waals surface area contributed by atoms with E-state index in [1.165, 1.54) is 0 Å². The minimum Gasteiger partial charge on any atom is -0.397 e. The summed E-state index contributed by atoms with van der Waals surface area (Å²) in [5.74, 6) is -0.0916. The van der Waals surface area contributed by atoms with Crippen LogP contribution in [-0.2, 0) is 6.42 Å². The number of nitrogens with two attached hydrogens (primary N) is 1. The van der Waals surface area contributed by atoms with E-state index in [1.54, 1.807) is 36.8 Å². The maximum absolute atomic E-state index is 11.9. The van der Waals surface area contributed by atoms with E-state index in [2.05, 4.69) is 9.97 Å². The molecule has 2 N–H and O–H groups in total. The maximum Gasteiger partial charge on any atom is 0.187 e. The van der Waals surface area contributed by atoms with Crippen LogP contribution in [0.1, 0.15) is 16.1 Å². The van der Waals surface area contributed by atoms with E-state index in [9.17, 15) is 4.79 Å². The van der Waals surface area contributed by atoms with Crippen LogP contribution in [0.4, 0.5) is 5.69 Å². The number of aromatic nitrogens is 2. The minimum absolute atomic E-state index is 0.0916. The molecule has 0 atom stereocenters. The van der Waals surface area contributed by atoms with Gasteiger partial charge < -0.3 is 5.73 Å². The Hall–Kier alpha value is -2.23. The highest BCUT2D eigenvalue weighted by atomic mass is 16.1. The molecule has 0 aliphatic carbocycles. The number of carbonyl (C=O) groups is 1. The number of Topliss-reactive ketones (excluding diaryl/α,β-unsaturated/α-hetero) is 1. The standard InChI is InChI=1S/C12H11N3O/c13-10-4-2-6-15-12(10)11(16)7-9-3-1-5-14-8-9/h1-6,8H,7,13H2. The van der Waals surface area contributed by atoms with Gasteiger partial charge in [0.25, 0.3) is 0 Å². The van der Waals surface area contributed by atoms with Crippen LogP contribution in [0, 0.1) is 0 Å². The summed E-state index contributed by atoms with van der Waals surface area (Å²) >= 11 is 0. The fourth-order valence-electron chi connectivity index (χ4n) is 1.42. The van der Waals surface area contributed by atoms with Crippen LogP contribution < -0.4 is 5.73 Å². The number of hydrogen-bond donors (Lipinski definition) is 1. The van der Waals surface area contributed by atoms with Crippen LogP contribution in [0.15, 0.2) is 42.9 Å². The molecule has 0 spiro atoms. The number of ketones is 1. The number of hydrogen-bond acceptors (Lipinski definition) is 4. The fourth-order valence-corrected chi connectivity index (χ4v) is 1.42. The van der Waals surface area contributed by atoms with E-state index in [1.807, 2.05) is 6.07 Å². The molecule has 0 bridgehead atoms. The summed E-state index contributed by atoms with van der Waals surface area (Å²) in [6, 6.07) is 7.02. The molecule has 0 unspecified atom stereocenters. The molecular weight excluding hydrogens is 202 g/mol. The second-order valence-electron chi connectivity index (χ2n) is 3.40. The molecule has 0 aliphatic rings. The maximum atomic E-state index is 11.9. The molecule has 0 saturated carbocycles. The summed E-state index contributed by atoms with van der Waals surface area (Å²) in [6.45, 7) is 0. The van der Waals surface area contributed by atoms with E-state index < -0.39 is 0 Å². The van der Waals surface area contributed by atoms with Crippen molar-refractivity contribution < 1.29 is 4.79 Å². The summed E-state index contributed by atoms with van der Waals surface area (Å²) < 4.78 is 0. The molecule has 2 aromatic rings. The summed E-state index contributed by atoms with van der Waals surface area (Å²) in [4.78, 5) is 19.8. The second-order valence-corrected chi connectivity index (χ2v) is 3.40. The van der Waals surface area contributed by atoms with Crippen LogP contribution in [0.5, 0.6) is 0 Å². The molecule has 4 heteroatoms. The Labute approximate surface area is 93.2 Å². The van der Waals surface area contributed by atoms with Gasteiger partial charge in [0.1, 0.15) is 5.69 Å². The average Bonchev–Trinajstić information content (AvgIpc) is 2.31. The number of rotatable bonds is 3. The molecular formula is C12H11N3O. The van der Waals surface area contributed by atoms with E-state index in [-0.39, 0.29) is 12.2 Å². The van der Waals surface area contributed by atoms with Gasteiger partial charge in [-0.2, -0.15) is 0 Å². The zero-order valence-corrected chi connectivity index (χ0v) is 8.63. The van der Waals surface area contributed by atoms with Crippen molar-refractivity contribution in [2.24, 2.45) is 0 Å². The SMILES string of the molecule is Nc1cccnc1C(=O)Cc1cccnc1. The van der Waals surface area contributed by atoms with Crippen LogP contribution in [0.2, 0.25) is 0 Å². The molecule has 0 saturated heterocycles. The summed E-state index contributed by atoms with van der Waals surface area (Å²) in [7, 11) is 0. The first kappa shape index (κ1) is 10.3. The summed E-state index contributed by atoms with van der Waals surface area (Å²) in [5.41, 5.74) is 7.27. The lowest BCUT2D eigenvalue weighted by Gasteiger charge is -2.02. The largest absolute Gasteiger partial charge is 0.397 e. The predicted octanol–water partition coefficient (Wildman–Crippen LogP) is 1.48. The molecule has 80 valence electrons. The highest BCUT2D eigenvalue weighted by Gasteiger charge is 2.11. The fraction of sp³-hybridized carbons (Fsp3) is 0.0833. The van der Waals surface area contributed by atoms with Crippen LogP contribution in [0.25, 0.3) is 0 Å². The van der Waals surface area contributed by atoms with Gasteiger partial charge in [-0.05, 0) is 23.8 Å². The summed E-state index contributed by atoms with van der Waals surface area (Å²) in [5, 5.41) is 0. The highest BCUT2D eigenvalue weighted by Crippen LogP contribution is 2.10. The summed E-state index contributed by atoms with van der Waals surface area (Å²) in [6.07, 6.45) is 5.17. The molecule has 0 aliphatic heterocycles. The first-order valence-electron chi connectivity index (χ1n) is 4.90. The van der Waals surface area contributed by atoms with Gasteiger partial charge in [-0.1, -0.05) is 6.07 Å². The smallest absolute Gasteiger partial charge is 0.187 e. The first-order valence-corrected chi connectivity index (χ1v) is 4.90. The van der Waals surface area contributed by atoms with Crippen molar-refractivity contribution >= 4 is 11.5 Å². The molecule has 0 radical (unpaired) electrons. The number of nitrogens with zero attached hydrogens (tertiary/aromatic N) is 2. The van der Waals surface area contributed by atoms with Gasteiger partial charge in [-0.25, -0.2) is 0 Å². The zero-order valence-electron chi connectivity index (χ0n) is 8.63. The Morgan fingerprint density at radius 1 is 1.25 bits per heavy atom. The number of nitrogen functional groups attached to an aromatic ring is 1. The minimum atomic E-state index is -0.0916. The Morgan fingerprint density at radius 2 is 2.06 bits per heavy atom.